The third-order valence-corrected chi connectivity index (χ3v) is 5.67. The van der Waals surface area contributed by atoms with E-state index in [1.165, 1.54) is 25.7 Å². The van der Waals surface area contributed by atoms with Gasteiger partial charge in [0.05, 0.1) is 0 Å². The SMILES string of the molecule is CN1[C@H]2CC[C@H]1CC(N1CCN(C(=O)NC(C)(C)C)CC1)C2. The minimum absolute atomic E-state index is 0.0931. The lowest BCUT2D eigenvalue weighted by atomic mass is 9.96. The van der Waals surface area contributed by atoms with Gasteiger partial charge in [0.2, 0.25) is 0 Å². The molecule has 0 aliphatic carbocycles. The van der Waals surface area contributed by atoms with Crippen LogP contribution in [0.2, 0.25) is 0 Å². The standard InChI is InChI=1S/C17H32N4O/c1-17(2,3)18-16(22)21-9-7-20(8-10-21)15-11-13-5-6-14(12-15)19(13)4/h13-15H,5-12H2,1-4H3,(H,18,22)/t13-,14-/m0/s1. The number of carbonyl (C=O) groups excluding carboxylic acids is 1. The molecule has 3 fully saturated rings. The van der Waals surface area contributed by atoms with E-state index in [0.717, 1.165) is 44.3 Å². The molecule has 3 aliphatic rings. The Bertz CT molecular complexity index is 397. The van der Waals surface area contributed by atoms with Crippen LogP contribution in [0.15, 0.2) is 0 Å². The molecule has 3 saturated heterocycles. The average Bonchev–Trinajstić information content (AvgIpc) is 2.67. The summed E-state index contributed by atoms with van der Waals surface area (Å²) in [6.45, 7) is 9.91. The maximum Gasteiger partial charge on any atom is 0.317 e. The topological polar surface area (TPSA) is 38.8 Å². The van der Waals surface area contributed by atoms with Crippen LogP contribution in [0.1, 0.15) is 46.5 Å². The second-order valence-electron chi connectivity index (χ2n) is 8.38. The summed E-state index contributed by atoms with van der Waals surface area (Å²) in [6, 6.07) is 2.43. The summed E-state index contributed by atoms with van der Waals surface area (Å²) in [6.07, 6.45) is 5.40. The number of rotatable bonds is 1. The van der Waals surface area contributed by atoms with Crippen LogP contribution in [0.25, 0.3) is 0 Å². The van der Waals surface area contributed by atoms with Gasteiger partial charge in [-0.3, -0.25) is 4.90 Å². The van der Waals surface area contributed by atoms with E-state index in [1.807, 2.05) is 25.7 Å². The van der Waals surface area contributed by atoms with Gasteiger partial charge in [-0.25, -0.2) is 4.79 Å². The lowest BCUT2D eigenvalue weighted by Crippen LogP contribution is -2.58. The van der Waals surface area contributed by atoms with Gasteiger partial charge >= 0.3 is 6.03 Å². The van der Waals surface area contributed by atoms with Gasteiger partial charge in [-0.05, 0) is 53.5 Å². The number of amides is 2. The maximum absolute atomic E-state index is 12.2. The monoisotopic (exact) mass is 308 g/mol. The van der Waals surface area contributed by atoms with Crippen LogP contribution in [-0.2, 0) is 0 Å². The number of nitrogens with one attached hydrogen (secondary N) is 1. The molecule has 5 heteroatoms. The van der Waals surface area contributed by atoms with Gasteiger partial charge in [0, 0.05) is 49.8 Å². The maximum atomic E-state index is 12.2. The molecule has 126 valence electrons. The molecule has 2 bridgehead atoms. The largest absolute Gasteiger partial charge is 0.333 e. The zero-order valence-corrected chi connectivity index (χ0v) is 14.6. The molecule has 22 heavy (non-hydrogen) atoms. The van der Waals surface area contributed by atoms with Crippen molar-refractivity contribution in [2.45, 2.75) is 70.1 Å². The molecule has 2 amide bonds. The highest BCUT2D eigenvalue weighted by Crippen LogP contribution is 2.36. The summed E-state index contributed by atoms with van der Waals surface area (Å²) >= 11 is 0. The van der Waals surface area contributed by atoms with Gasteiger partial charge in [-0.2, -0.15) is 0 Å². The highest BCUT2D eigenvalue weighted by Gasteiger charge is 2.41. The van der Waals surface area contributed by atoms with Crippen LogP contribution in [0.5, 0.6) is 0 Å². The van der Waals surface area contributed by atoms with Gasteiger partial charge in [0.1, 0.15) is 0 Å². The van der Waals surface area contributed by atoms with Crippen LogP contribution < -0.4 is 5.32 Å². The lowest BCUT2D eigenvalue weighted by molar-refractivity contribution is 0.0470. The highest BCUT2D eigenvalue weighted by atomic mass is 16.2. The zero-order chi connectivity index (χ0) is 15.9. The Balaban J connectivity index is 1.49. The van der Waals surface area contributed by atoms with Crippen molar-refractivity contribution in [3.63, 3.8) is 0 Å². The van der Waals surface area contributed by atoms with Gasteiger partial charge in [0.25, 0.3) is 0 Å². The van der Waals surface area contributed by atoms with Crippen molar-refractivity contribution < 1.29 is 4.79 Å². The molecule has 0 aromatic rings. The van der Waals surface area contributed by atoms with E-state index in [4.69, 9.17) is 0 Å². The molecule has 3 aliphatic heterocycles. The van der Waals surface area contributed by atoms with Crippen molar-refractivity contribution in [3.05, 3.63) is 0 Å². The van der Waals surface area contributed by atoms with Crippen LogP contribution in [0.4, 0.5) is 4.79 Å². The third kappa shape index (κ3) is 3.40. The van der Waals surface area contributed by atoms with Crippen LogP contribution >= 0.6 is 0 Å². The van der Waals surface area contributed by atoms with E-state index < -0.39 is 0 Å². The van der Waals surface area contributed by atoms with Crippen molar-refractivity contribution in [2.24, 2.45) is 0 Å². The van der Waals surface area contributed by atoms with Crippen molar-refractivity contribution >= 4 is 6.03 Å². The fourth-order valence-corrected chi connectivity index (χ4v) is 4.37. The highest BCUT2D eigenvalue weighted by molar-refractivity contribution is 5.75. The van der Waals surface area contributed by atoms with Gasteiger partial charge in [-0.1, -0.05) is 0 Å². The summed E-state index contributed by atoms with van der Waals surface area (Å²) in [5.74, 6) is 0. The lowest BCUT2D eigenvalue weighted by Gasteiger charge is -2.45. The van der Waals surface area contributed by atoms with E-state index in [1.54, 1.807) is 0 Å². The molecule has 0 radical (unpaired) electrons. The van der Waals surface area contributed by atoms with E-state index in [-0.39, 0.29) is 11.6 Å². The number of hydrogen-bond acceptors (Lipinski definition) is 3. The Morgan fingerprint density at radius 3 is 2.00 bits per heavy atom. The molecule has 1 N–H and O–H groups in total. The Morgan fingerprint density at radius 2 is 1.50 bits per heavy atom. The molecule has 3 rings (SSSR count). The molecule has 0 aromatic carbocycles. The predicted molar refractivity (Wildman–Crippen MR) is 89.0 cm³/mol. The molecule has 0 unspecified atom stereocenters. The first kappa shape index (κ1) is 16.1. The van der Waals surface area contributed by atoms with E-state index >= 15 is 0 Å². The van der Waals surface area contributed by atoms with Crippen molar-refractivity contribution in [2.75, 3.05) is 33.2 Å². The predicted octanol–water partition coefficient (Wildman–Crippen LogP) is 1.74. The zero-order valence-electron chi connectivity index (χ0n) is 14.6. The van der Waals surface area contributed by atoms with E-state index in [9.17, 15) is 4.79 Å². The van der Waals surface area contributed by atoms with Crippen molar-refractivity contribution in [1.29, 1.82) is 0 Å². The molecular weight excluding hydrogens is 276 g/mol. The summed E-state index contributed by atoms with van der Waals surface area (Å²) in [5.41, 5.74) is -0.151. The summed E-state index contributed by atoms with van der Waals surface area (Å²) < 4.78 is 0. The second-order valence-corrected chi connectivity index (χ2v) is 8.38. The normalized spacial score (nSPS) is 34.0. The van der Waals surface area contributed by atoms with Crippen molar-refractivity contribution in [3.8, 4) is 0 Å². The molecule has 0 aromatic heterocycles. The fourth-order valence-electron chi connectivity index (χ4n) is 4.37. The smallest absolute Gasteiger partial charge is 0.317 e. The number of piperazine rings is 1. The van der Waals surface area contributed by atoms with Crippen LogP contribution in [0.3, 0.4) is 0 Å². The molecule has 2 atom stereocenters. The first-order chi connectivity index (χ1) is 10.3. The molecule has 5 nitrogen and oxygen atoms in total. The summed E-state index contributed by atoms with van der Waals surface area (Å²) in [5, 5.41) is 3.07. The molecule has 0 spiro atoms. The number of piperidine rings is 1. The molecule has 0 saturated carbocycles. The van der Waals surface area contributed by atoms with Gasteiger partial charge < -0.3 is 15.1 Å². The summed E-state index contributed by atoms with van der Waals surface area (Å²) in [4.78, 5) is 19.5. The number of fused-ring (bicyclic) bond motifs is 2. The minimum atomic E-state index is -0.151. The van der Waals surface area contributed by atoms with Crippen molar-refractivity contribution in [1.82, 2.24) is 20.0 Å². The molecular formula is C17H32N4O. The minimum Gasteiger partial charge on any atom is -0.333 e. The number of carbonyl (C=O) groups is 1. The Hall–Kier alpha value is -0.810. The Kier molecular flexibility index (Phi) is 4.38. The van der Waals surface area contributed by atoms with Gasteiger partial charge in [0.15, 0.2) is 0 Å². The first-order valence-corrected chi connectivity index (χ1v) is 8.86. The number of urea groups is 1. The average molecular weight is 308 g/mol. The summed E-state index contributed by atoms with van der Waals surface area (Å²) in [7, 11) is 2.30. The number of hydrogen-bond donors (Lipinski definition) is 1. The second kappa shape index (κ2) is 6.00. The van der Waals surface area contributed by atoms with E-state index in [0.29, 0.717) is 0 Å². The fraction of sp³-hybridized carbons (Fsp3) is 0.941. The van der Waals surface area contributed by atoms with Gasteiger partial charge in [-0.15, -0.1) is 0 Å². The van der Waals surface area contributed by atoms with Crippen LogP contribution in [-0.4, -0.2) is 77.6 Å². The third-order valence-electron chi connectivity index (χ3n) is 5.67. The molecule has 3 heterocycles. The van der Waals surface area contributed by atoms with E-state index in [2.05, 4.69) is 22.2 Å². The quantitative estimate of drug-likeness (QED) is 0.802. The Labute approximate surface area is 135 Å². The first-order valence-electron chi connectivity index (χ1n) is 8.86. The van der Waals surface area contributed by atoms with Crippen LogP contribution in [0, 0.1) is 0 Å². The number of nitrogens with zero attached hydrogens (tertiary/aromatic N) is 3. The Morgan fingerprint density at radius 1 is 0.955 bits per heavy atom.